The minimum absolute atomic E-state index is 0.00140. The summed E-state index contributed by atoms with van der Waals surface area (Å²) in [6.07, 6.45) is -1.05. The summed E-state index contributed by atoms with van der Waals surface area (Å²) >= 11 is 0. The molecular formula is C18H20N2O5S. The minimum Gasteiger partial charge on any atom is -0.407 e. The number of carbonyl (C=O) groups excluding carboxylic acids is 1. The minimum atomic E-state index is -3.99. The standard InChI is InChI=1S/C18H20N2O5S/c1-14-6-8-15(9-7-14)26(22,23)19-18(21)25-17-5-3-2-4-16(17)20-10-12-24-13-11-20/h2-9H,10-13H2,1H3,(H,19,21). The van der Waals surface area contributed by atoms with Gasteiger partial charge in [-0.1, -0.05) is 29.8 Å². The van der Waals surface area contributed by atoms with Gasteiger partial charge in [-0.15, -0.1) is 0 Å². The second-order valence-corrected chi connectivity index (χ2v) is 7.56. The van der Waals surface area contributed by atoms with Crippen LogP contribution >= 0.6 is 0 Å². The topological polar surface area (TPSA) is 84.9 Å². The van der Waals surface area contributed by atoms with E-state index >= 15 is 0 Å². The molecule has 1 saturated heterocycles. The highest BCUT2D eigenvalue weighted by Gasteiger charge is 2.21. The number of aryl methyl sites for hydroxylation is 1. The summed E-state index contributed by atoms with van der Waals surface area (Å²) in [7, 11) is -3.99. The number of anilines is 1. The molecule has 1 fully saturated rings. The summed E-state index contributed by atoms with van der Waals surface area (Å²) in [5, 5.41) is 0. The molecule has 7 nitrogen and oxygen atoms in total. The van der Waals surface area contributed by atoms with Gasteiger partial charge >= 0.3 is 6.09 Å². The van der Waals surface area contributed by atoms with Crippen molar-refractivity contribution in [2.75, 3.05) is 31.2 Å². The van der Waals surface area contributed by atoms with Gasteiger partial charge in [0.2, 0.25) is 0 Å². The Morgan fingerprint density at radius 3 is 2.42 bits per heavy atom. The van der Waals surface area contributed by atoms with Crippen LogP contribution in [0.5, 0.6) is 5.75 Å². The highest BCUT2D eigenvalue weighted by molar-refractivity contribution is 7.90. The molecule has 8 heteroatoms. The molecule has 0 atom stereocenters. The van der Waals surface area contributed by atoms with Gasteiger partial charge in [0.25, 0.3) is 10.0 Å². The van der Waals surface area contributed by atoms with Gasteiger partial charge in [0.15, 0.2) is 5.75 Å². The van der Waals surface area contributed by atoms with Crippen LogP contribution in [0.4, 0.5) is 10.5 Å². The van der Waals surface area contributed by atoms with E-state index in [1.165, 1.54) is 12.1 Å². The molecule has 0 aromatic heterocycles. The zero-order chi connectivity index (χ0) is 18.6. The first kappa shape index (κ1) is 18.2. The number of nitrogens with one attached hydrogen (secondary N) is 1. The number of benzene rings is 2. The smallest absolute Gasteiger partial charge is 0.407 e. The third-order valence-corrected chi connectivity index (χ3v) is 5.30. The maximum absolute atomic E-state index is 12.3. The molecule has 26 heavy (non-hydrogen) atoms. The average Bonchev–Trinajstić information content (AvgIpc) is 2.63. The zero-order valence-electron chi connectivity index (χ0n) is 14.3. The Balaban J connectivity index is 1.73. The van der Waals surface area contributed by atoms with E-state index in [1.807, 2.05) is 28.7 Å². The van der Waals surface area contributed by atoms with E-state index in [2.05, 4.69) is 0 Å². The van der Waals surface area contributed by atoms with E-state index in [4.69, 9.17) is 9.47 Å². The maximum atomic E-state index is 12.3. The molecule has 3 rings (SSSR count). The molecule has 0 saturated carbocycles. The maximum Gasteiger partial charge on any atom is 0.426 e. The van der Waals surface area contributed by atoms with Gasteiger partial charge in [-0.25, -0.2) is 17.9 Å². The quantitative estimate of drug-likeness (QED) is 0.881. The number of rotatable bonds is 4. The number of nitrogens with zero attached hydrogens (tertiary/aromatic N) is 1. The summed E-state index contributed by atoms with van der Waals surface area (Å²) in [4.78, 5) is 14.2. The van der Waals surface area contributed by atoms with E-state index in [-0.39, 0.29) is 4.90 Å². The molecule has 2 aromatic carbocycles. The van der Waals surface area contributed by atoms with Crippen LogP contribution in [-0.4, -0.2) is 40.8 Å². The fraction of sp³-hybridized carbons (Fsp3) is 0.278. The van der Waals surface area contributed by atoms with Gasteiger partial charge in [-0.3, -0.25) is 0 Å². The van der Waals surface area contributed by atoms with Gasteiger partial charge in [-0.2, -0.15) is 0 Å². The third kappa shape index (κ3) is 4.33. The predicted octanol–water partition coefficient (Wildman–Crippen LogP) is 2.31. The number of amides is 1. The molecule has 138 valence electrons. The van der Waals surface area contributed by atoms with Crippen molar-refractivity contribution in [2.45, 2.75) is 11.8 Å². The lowest BCUT2D eigenvalue weighted by Gasteiger charge is -2.29. The van der Waals surface area contributed by atoms with Gasteiger partial charge in [-0.05, 0) is 31.2 Å². The van der Waals surface area contributed by atoms with E-state index < -0.39 is 16.1 Å². The Hall–Kier alpha value is -2.58. The fourth-order valence-corrected chi connectivity index (χ4v) is 3.49. The number of morpholine rings is 1. The van der Waals surface area contributed by atoms with Crippen LogP contribution in [0.2, 0.25) is 0 Å². The van der Waals surface area contributed by atoms with E-state index in [0.717, 1.165) is 11.3 Å². The van der Waals surface area contributed by atoms with Gasteiger partial charge < -0.3 is 14.4 Å². The van der Waals surface area contributed by atoms with E-state index in [0.29, 0.717) is 32.1 Å². The fourth-order valence-electron chi connectivity index (χ4n) is 2.62. The first-order valence-electron chi connectivity index (χ1n) is 8.19. The van der Waals surface area contributed by atoms with E-state index in [1.54, 1.807) is 24.3 Å². The second-order valence-electron chi connectivity index (χ2n) is 5.88. The molecule has 2 aromatic rings. The van der Waals surface area contributed by atoms with Crippen LogP contribution < -0.4 is 14.4 Å². The monoisotopic (exact) mass is 376 g/mol. The number of carbonyl (C=O) groups is 1. The van der Waals surface area contributed by atoms with Crippen LogP contribution in [0.15, 0.2) is 53.4 Å². The molecule has 0 radical (unpaired) electrons. The summed E-state index contributed by atoms with van der Waals surface area (Å²) in [6, 6.07) is 13.2. The number of para-hydroxylation sites is 2. The molecule has 1 aliphatic heterocycles. The second kappa shape index (κ2) is 7.76. The Kier molecular flexibility index (Phi) is 5.43. The molecule has 0 aliphatic carbocycles. The summed E-state index contributed by atoms with van der Waals surface area (Å²) in [6.45, 7) is 4.36. The van der Waals surface area contributed by atoms with Crippen molar-refractivity contribution in [3.05, 3.63) is 54.1 Å². The average molecular weight is 376 g/mol. The Labute approximate surface area is 152 Å². The highest BCUT2D eigenvalue weighted by atomic mass is 32.2. The Morgan fingerprint density at radius 2 is 1.73 bits per heavy atom. The highest BCUT2D eigenvalue weighted by Crippen LogP contribution is 2.28. The number of hydrogen-bond donors (Lipinski definition) is 1. The molecular weight excluding hydrogens is 356 g/mol. The predicted molar refractivity (Wildman–Crippen MR) is 97.0 cm³/mol. The lowest BCUT2D eigenvalue weighted by molar-refractivity contribution is 0.122. The van der Waals surface area contributed by atoms with Crippen molar-refractivity contribution in [1.29, 1.82) is 0 Å². The van der Waals surface area contributed by atoms with Crippen LogP contribution in [0.1, 0.15) is 5.56 Å². The van der Waals surface area contributed by atoms with Crippen LogP contribution in [0.25, 0.3) is 0 Å². The van der Waals surface area contributed by atoms with Crippen molar-refractivity contribution < 1.29 is 22.7 Å². The van der Waals surface area contributed by atoms with Gasteiger partial charge in [0.1, 0.15) is 0 Å². The van der Waals surface area contributed by atoms with Crippen molar-refractivity contribution in [3.8, 4) is 5.75 Å². The largest absolute Gasteiger partial charge is 0.426 e. The first-order valence-corrected chi connectivity index (χ1v) is 9.67. The van der Waals surface area contributed by atoms with Gasteiger partial charge in [0.05, 0.1) is 23.8 Å². The molecule has 0 spiro atoms. The van der Waals surface area contributed by atoms with Crippen molar-refractivity contribution in [3.63, 3.8) is 0 Å². The first-order chi connectivity index (χ1) is 12.5. The third-order valence-electron chi connectivity index (χ3n) is 3.97. The molecule has 0 bridgehead atoms. The van der Waals surface area contributed by atoms with Crippen molar-refractivity contribution >= 4 is 21.8 Å². The number of ether oxygens (including phenoxy) is 2. The summed E-state index contributed by atoms with van der Waals surface area (Å²) in [5.41, 5.74) is 1.64. The summed E-state index contributed by atoms with van der Waals surface area (Å²) < 4.78 is 37.1. The van der Waals surface area contributed by atoms with Gasteiger partial charge in [0, 0.05) is 13.1 Å². The van der Waals surface area contributed by atoms with Crippen LogP contribution in [0, 0.1) is 6.92 Å². The number of sulfonamides is 1. The summed E-state index contributed by atoms with van der Waals surface area (Å²) in [5.74, 6) is 0.297. The molecule has 1 aliphatic rings. The number of hydrogen-bond acceptors (Lipinski definition) is 6. The Morgan fingerprint density at radius 1 is 1.08 bits per heavy atom. The van der Waals surface area contributed by atoms with E-state index in [9.17, 15) is 13.2 Å². The molecule has 1 amide bonds. The molecule has 1 heterocycles. The van der Waals surface area contributed by atoms with Crippen molar-refractivity contribution in [1.82, 2.24) is 4.72 Å². The van der Waals surface area contributed by atoms with Crippen LogP contribution in [-0.2, 0) is 14.8 Å². The lowest BCUT2D eigenvalue weighted by Crippen LogP contribution is -2.37. The Bertz CT molecular complexity index is 875. The SMILES string of the molecule is Cc1ccc(S(=O)(=O)NC(=O)Oc2ccccc2N2CCOCC2)cc1. The van der Waals surface area contributed by atoms with Crippen LogP contribution in [0.3, 0.4) is 0 Å². The molecule has 1 N–H and O–H groups in total. The molecule has 0 unspecified atom stereocenters. The normalized spacial score (nSPS) is 14.7. The lowest BCUT2D eigenvalue weighted by atomic mass is 10.2. The zero-order valence-corrected chi connectivity index (χ0v) is 15.2. The van der Waals surface area contributed by atoms with Crippen molar-refractivity contribution in [2.24, 2.45) is 0 Å².